The Morgan fingerprint density at radius 2 is 1.85 bits per heavy atom. The van der Waals surface area contributed by atoms with Gasteiger partial charge in [-0.1, -0.05) is 37.3 Å². The van der Waals surface area contributed by atoms with Crippen LogP contribution in [-0.2, 0) is 9.59 Å². The summed E-state index contributed by atoms with van der Waals surface area (Å²) in [6.07, 6.45) is 0. The molecule has 3 N–H and O–H groups in total. The van der Waals surface area contributed by atoms with Gasteiger partial charge in [0.15, 0.2) is 0 Å². The van der Waals surface area contributed by atoms with Crippen molar-refractivity contribution in [3.8, 4) is 0 Å². The molecular formula is C14H18N2O2S2. The lowest BCUT2D eigenvalue weighted by atomic mass is 9.93. The summed E-state index contributed by atoms with van der Waals surface area (Å²) in [7, 11) is 0. The summed E-state index contributed by atoms with van der Waals surface area (Å²) in [6.45, 7) is 1.90. The third-order valence-corrected chi connectivity index (χ3v) is 6.25. The Morgan fingerprint density at radius 1 is 1.25 bits per heavy atom. The molecule has 108 valence electrons. The first kappa shape index (κ1) is 15.3. The van der Waals surface area contributed by atoms with Crippen molar-refractivity contribution in [2.45, 2.75) is 23.5 Å². The molecule has 6 heteroatoms. The van der Waals surface area contributed by atoms with Crippen LogP contribution in [0.2, 0.25) is 0 Å². The van der Waals surface area contributed by atoms with Crippen LogP contribution < -0.4 is 11.1 Å². The number of benzene rings is 1. The van der Waals surface area contributed by atoms with E-state index in [0.29, 0.717) is 0 Å². The largest absolute Gasteiger partial charge is 0.368 e. The highest BCUT2D eigenvalue weighted by Gasteiger charge is 2.31. The monoisotopic (exact) mass is 310 g/mol. The zero-order chi connectivity index (χ0) is 14.5. The Labute approximate surface area is 127 Å². The van der Waals surface area contributed by atoms with Crippen molar-refractivity contribution in [1.82, 2.24) is 5.32 Å². The highest BCUT2D eigenvalue weighted by atomic mass is 32.2. The molecule has 2 unspecified atom stereocenters. The molecule has 2 rings (SSSR count). The van der Waals surface area contributed by atoms with Crippen molar-refractivity contribution < 1.29 is 9.59 Å². The normalized spacial score (nSPS) is 18.4. The van der Waals surface area contributed by atoms with Crippen LogP contribution in [0.15, 0.2) is 30.3 Å². The van der Waals surface area contributed by atoms with E-state index in [4.69, 9.17) is 5.73 Å². The fourth-order valence-electron chi connectivity index (χ4n) is 2.12. The number of hydrogen-bond donors (Lipinski definition) is 2. The molecule has 0 saturated carbocycles. The summed E-state index contributed by atoms with van der Waals surface area (Å²) < 4.78 is -0.125. The second kappa shape index (κ2) is 7.04. The molecule has 2 atom stereocenters. The van der Waals surface area contributed by atoms with Gasteiger partial charge in [0.05, 0.1) is 0 Å². The lowest BCUT2D eigenvalue weighted by Gasteiger charge is -2.23. The second-order valence-electron chi connectivity index (χ2n) is 4.66. The first-order chi connectivity index (χ1) is 9.59. The van der Waals surface area contributed by atoms with Gasteiger partial charge in [-0.3, -0.25) is 9.59 Å². The molecule has 4 nitrogen and oxygen atoms in total. The van der Waals surface area contributed by atoms with Crippen LogP contribution in [0.3, 0.4) is 0 Å². The lowest BCUT2D eigenvalue weighted by Crippen LogP contribution is -2.49. The van der Waals surface area contributed by atoms with Gasteiger partial charge in [-0.2, -0.15) is 0 Å². The molecule has 1 saturated heterocycles. The van der Waals surface area contributed by atoms with Gasteiger partial charge in [-0.15, -0.1) is 23.5 Å². The van der Waals surface area contributed by atoms with Crippen molar-refractivity contribution in [3.05, 3.63) is 35.9 Å². The van der Waals surface area contributed by atoms with Gasteiger partial charge in [0, 0.05) is 17.4 Å². The van der Waals surface area contributed by atoms with Gasteiger partial charge in [0.1, 0.15) is 10.6 Å². The SMILES string of the molecule is CC(c1ccccc1)C(NC(=O)C1SCCS1)C(N)=O. The highest BCUT2D eigenvalue weighted by molar-refractivity contribution is 8.21. The number of carbonyl (C=O) groups is 2. The van der Waals surface area contributed by atoms with Crippen molar-refractivity contribution in [1.29, 1.82) is 0 Å². The fourth-order valence-corrected chi connectivity index (χ4v) is 4.72. The quantitative estimate of drug-likeness (QED) is 0.866. The van der Waals surface area contributed by atoms with Gasteiger partial charge in [-0.05, 0) is 5.56 Å². The number of primary amides is 1. The number of amides is 2. The molecule has 1 aliphatic heterocycles. The Kier molecular flexibility index (Phi) is 5.37. The third-order valence-electron chi connectivity index (χ3n) is 3.27. The van der Waals surface area contributed by atoms with Gasteiger partial charge < -0.3 is 11.1 Å². The van der Waals surface area contributed by atoms with E-state index in [1.54, 1.807) is 23.5 Å². The summed E-state index contributed by atoms with van der Waals surface area (Å²) in [5.74, 6) is 1.19. The highest BCUT2D eigenvalue weighted by Crippen LogP contribution is 2.32. The molecule has 0 aliphatic carbocycles. The molecule has 0 spiro atoms. The maximum absolute atomic E-state index is 12.1. The maximum atomic E-state index is 12.1. The van der Waals surface area contributed by atoms with E-state index in [2.05, 4.69) is 5.32 Å². The Balaban J connectivity index is 2.07. The lowest BCUT2D eigenvalue weighted by molar-refractivity contribution is -0.126. The van der Waals surface area contributed by atoms with Gasteiger partial charge in [-0.25, -0.2) is 0 Å². The number of carbonyl (C=O) groups excluding carboxylic acids is 2. The molecule has 0 aromatic heterocycles. The molecule has 2 amide bonds. The molecule has 1 aliphatic rings. The van der Waals surface area contributed by atoms with E-state index in [9.17, 15) is 9.59 Å². The first-order valence-corrected chi connectivity index (χ1v) is 8.57. The van der Waals surface area contributed by atoms with Crippen LogP contribution >= 0.6 is 23.5 Å². The van der Waals surface area contributed by atoms with Crippen LogP contribution in [0.5, 0.6) is 0 Å². The summed E-state index contributed by atoms with van der Waals surface area (Å²) in [6, 6.07) is 8.94. The minimum absolute atomic E-state index is 0.107. The van der Waals surface area contributed by atoms with Crippen LogP contribution in [0.4, 0.5) is 0 Å². The second-order valence-corrected chi connectivity index (χ2v) is 7.39. The maximum Gasteiger partial charge on any atom is 0.243 e. The van der Waals surface area contributed by atoms with Gasteiger partial charge in [0.25, 0.3) is 0 Å². The zero-order valence-electron chi connectivity index (χ0n) is 11.2. The average Bonchev–Trinajstić information content (AvgIpc) is 2.98. The summed E-state index contributed by atoms with van der Waals surface area (Å²) in [5.41, 5.74) is 6.44. The molecule has 20 heavy (non-hydrogen) atoms. The smallest absolute Gasteiger partial charge is 0.243 e. The molecule has 1 aromatic carbocycles. The van der Waals surface area contributed by atoms with Crippen molar-refractivity contribution in [3.63, 3.8) is 0 Å². The van der Waals surface area contributed by atoms with E-state index in [1.165, 1.54) is 0 Å². The van der Waals surface area contributed by atoms with E-state index in [0.717, 1.165) is 17.1 Å². The van der Waals surface area contributed by atoms with Crippen LogP contribution in [-0.4, -0.2) is 33.9 Å². The molecule has 0 bridgehead atoms. The number of hydrogen-bond acceptors (Lipinski definition) is 4. The number of nitrogens with one attached hydrogen (secondary N) is 1. The Bertz CT molecular complexity index is 475. The average molecular weight is 310 g/mol. The van der Waals surface area contributed by atoms with E-state index in [1.807, 2.05) is 37.3 Å². The molecule has 0 radical (unpaired) electrons. The van der Waals surface area contributed by atoms with Crippen molar-refractivity contribution >= 4 is 35.3 Å². The summed E-state index contributed by atoms with van der Waals surface area (Å²) in [4.78, 5) is 23.8. The standard InChI is InChI=1S/C14H18N2O2S2/c1-9(10-5-3-2-4-6-10)11(12(15)17)16-13(18)14-19-7-8-20-14/h2-6,9,11,14H,7-8H2,1H3,(H2,15,17)(H,16,18). The van der Waals surface area contributed by atoms with Crippen LogP contribution in [0.25, 0.3) is 0 Å². The van der Waals surface area contributed by atoms with Gasteiger partial charge in [0.2, 0.25) is 11.8 Å². The van der Waals surface area contributed by atoms with E-state index in [-0.39, 0.29) is 16.4 Å². The van der Waals surface area contributed by atoms with Crippen molar-refractivity contribution in [2.24, 2.45) is 5.73 Å². The van der Waals surface area contributed by atoms with Gasteiger partial charge >= 0.3 is 0 Å². The molecule has 1 heterocycles. The zero-order valence-corrected chi connectivity index (χ0v) is 12.9. The predicted octanol–water partition coefficient (Wildman–Crippen LogP) is 1.57. The van der Waals surface area contributed by atoms with Crippen molar-refractivity contribution in [2.75, 3.05) is 11.5 Å². The van der Waals surface area contributed by atoms with Crippen LogP contribution in [0, 0.1) is 0 Å². The molecular weight excluding hydrogens is 292 g/mol. The summed E-state index contributed by atoms with van der Waals surface area (Å²) in [5, 5.41) is 2.80. The topological polar surface area (TPSA) is 72.2 Å². The minimum Gasteiger partial charge on any atom is -0.368 e. The Morgan fingerprint density at radius 3 is 2.40 bits per heavy atom. The minimum atomic E-state index is -0.674. The molecule has 1 fully saturated rings. The number of rotatable bonds is 5. The fraction of sp³-hybridized carbons (Fsp3) is 0.429. The number of nitrogens with two attached hydrogens (primary N) is 1. The Hall–Kier alpha value is -1.14. The third kappa shape index (κ3) is 3.70. The van der Waals surface area contributed by atoms with E-state index >= 15 is 0 Å². The first-order valence-electron chi connectivity index (χ1n) is 6.47. The summed E-state index contributed by atoms with van der Waals surface area (Å²) >= 11 is 3.22. The van der Waals surface area contributed by atoms with Crippen LogP contribution in [0.1, 0.15) is 18.4 Å². The number of thioether (sulfide) groups is 2. The molecule has 1 aromatic rings. The van der Waals surface area contributed by atoms with E-state index < -0.39 is 11.9 Å². The predicted molar refractivity (Wildman–Crippen MR) is 84.7 cm³/mol.